The van der Waals surface area contributed by atoms with Gasteiger partial charge in [0.2, 0.25) is 5.91 Å². The second-order valence-electron chi connectivity index (χ2n) is 3.83. The number of nitrogens with two attached hydrogens (primary N) is 1. The van der Waals surface area contributed by atoms with E-state index < -0.39 is 31.0 Å². The molecule has 0 aliphatic carbocycles. The molecule has 1 heterocycles. The van der Waals surface area contributed by atoms with Crippen LogP contribution < -0.4 is 5.73 Å². The van der Waals surface area contributed by atoms with E-state index in [1.165, 1.54) is 23.3 Å². The molecule has 104 valence electrons. The van der Waals surface area contributed by atoms with Crippen LogP contribution in [0.15, 0.2) is 10.9 Å². The summed E-state index contributed by atoms with van der Waals surface area (Å²) >= 11 is 1.39. The highest BCUT2D eigenvalue weighted by molar-refractivity contribution is 7.07. The third kappa shape index (κ3) is 4.92. The van der Waals surface area contributed by atoms with E-state index in [-0.39, 0.29) is 6.54 Å². The molecule has 0 aliphatic heterocycles. The van der Waals surface area contributed by atoms with Gasteiger partial charge in [-0.05, 0) is 0 Å². The van der Waals surface area contributed by atoms with Crippen molar-refractivity contribution in [1.29, 1.82) is 0 Å². The normalized spacial score (nSPS) is 9.95. The van der Waals surface area contributed by atoms with Crippen molar-refractivity contribution in [2.45, 2.75) is 6.54 Å². The van der Waals surface area contributed by atoms with Crippen molar-refractivity contribution >= 4 is 29.2 Å². The van der Waals surface area contributed by atoms with Crippen molar-refractivity contribution in [1.82, 2.24) is 14.8 Å². The van der Waals surface area contributed by atoms with Crippen molar-refractivity contribution in [3.05, 3.63) is 16.6 Å². The van der Waals surface area contributed by atoms with E-state index >= 15 is 0 Å². The second-order valence-corrected chi connectivity index (χ2v) is 4.55. The van der Waals surface area contributed by atoms with Gasteiger partial charge >= 0.3 is 12.0 Å². The lowest BCUT2D eigenvalue weighted by Crippen LogP contribution is -2.47. The molecule has 1 rings (SSSR count). The fourth-order valence-corrected chi connectivity index (χ4v) is 1.96. The number of hydrogen-bond donors (Lipinski definition) is 2. The number of nitrogens with zero attached hydrogens (tertiary/aromatic N) is 3. The first-order chi connectivity index (χ1) is 8.90. The van der Waals surface area contributed by atoms with Gasteiger partial charge in [0, 0.05) is 12.4 Å². The predicted octanol–water partition coefficient (Wildman–Crippen LogP) is -0.433. The molecule has 9 heteroatoms. The molecule has 0 fully saturated rings. The Morgan fingerprint density at radius 2 is 2.11 bits per heavy atom. The fraction of sp³-hybridized carbons (Fsp3) is 0.400. The van der Waals surface area contributed by atoms with Gasteiger partial charge in [0.1, 0.15) is 13.1 Å². The molecule has 0 saturated heterocycles. The van der Waals surface area contributed by atoms with Gasteiger partial charge in [0.05, 0.1) is 17.7 Å². The summed E-state index contributed by atoms with van der Waals surface area (Å²) in [6.45, 7) is -0.785. The summed E-state index contributed by atoms with van der Waals surface area (Å²) in [7, 11) is 1.50. The monoisotopic (exact) mass is 286 g/mol. The SMILES string of the molecule is CN(Cc1cscn1)C(=O)N(CC(N)=O)CC(=O)O. The van der Waals surface area contributed by atoms with Crippen LogP contribution >= 0.6 is 11.3 Å². The van der Waals surface area contributed by atoms with Gasteiger partial charge < -0.3 is 20.6 Å². The Morgan fingerprint density at radius 3 is 2.58 bits per heavy atom. The van der Waals surface area contributed by atoms with E-state index in [1.54, 1.807) is 10.9 Å². The Labute approximate surface area is 113 Å². The standard InChI is InChI=1S/C10H14N4O4S/c1-13(2-7-5-19-6-12-7)10(18)14(3-8(11)15)4-9(16)17/h5-6H,2-4H2,1H3,(H2,11,15)(H,16,17). The number of carboxylic acids is 1. The number of rotatable bonds is 6. The smallest absolute Gasteiger partial charge is 0.323 e. The Balaban J connectivity index is 2.68. The topological polar surface area (TPSA) is 117 Å². The number of aliphatic carboxylic acids is 1. The Morgan fingerprint density at radius 1 is 1.42 bits per heavy atom. The summed E-state index contributed by atoms with van der Waals surface area (Å²) in [4.78, 5) is 39.7. The number of carboxylic acid groups (broad SMARTS) is 1. The number of hydrogen-bond acceptors (Lipinski definition) is 5. The zero-order valence-electron chi connectivity index (χ0n) is 10.3. The molecule has 0 aromatic carbocycles. The van der Waals surface area contributed by atoms with E-state index in [1.807, 2.05) is 0 Å². The highest BCUT2D eigenvalue weighted by Crippen LogP contribution is 2.06. The van der Waals surface area contributed by atoms with Crippen molar-refractivity contribution in [3.63, 3.8) is 0 Å². The van der Waals surface area contributed by atoms with E-state index in [4.69, 9.17) is 10.8 Å². The maximum absolute atomic E-state index is 12.0. The van der Waals surface area contributed by atoms with Crippen LogP contribution in [0.4, 0.5) is 4.79 Å². The summed E-state index contributed by atoms with van der Waals surface area (Å²) in [6.07, 6.45) is 0. The minimum Gasteiger partial charge on any atom is -0.480 e. The van der Waals surface area contributed by atoms with E-state index in [9.17, 15) is 14.4 Å². The van der Waals surface area contributed by atoms with Gasteiger partial charge in [-0.3, -0.25) is 9.59 Å². The van der Waals surface area contributed by atoms with Gasteiger partial charge in [-0.25, -0.2) is 9.78 Å². The van der Waals surface area contributed by atoms with Gasteiger partial charge in [-0.1, -0.05) is 0 Å². The molecule has 8 nitrogen and oxygen atoms in total. The van der Waals surface area contributed by atoms with E-state index in [0.29, 0.717) is 5.69 Å². The van der Waals surface area contributed by atoms with Crippen LogP contribution in [0.2, 0.25) is 0 Å². The first kappa shape index (κ1) is 14.9. The molecule has 3 N–H and O–H groups in total. The molecule has 0 radical (unpaired) electrons. The van der Waals surface area contributed by atoms with Crippen LogP contribution in [0.5, 0.6) is 0 Å². The minimum absolute atomic E-state index is 0.233. The highest BCUT2D eigenvalue weighted by atomic mass is 32.1. The fourth-order valence-electron chi connectivity index (χ4n) is 1.41. The summed E-state index contributed by atoms with van der Waals surface area (Å²) in [6, 6.07) is -0.589. The Kier molecular flexibility index (Phi) is 5.24. The lowest BCUT2D eigenvalue weighted by Gasteiger charge is -2.25. The molecule has 1 aromatic rings. The minimum atomic E-state index is -1.21. The number of thiazole rings is 1. The van der Waals surface area contributed by atoms with Crippen LogP contribution in [0.25, 0.3) is 0 Å². The van der Waals surface area contributed by atoms with Crippen LogP contribution in [-0.2, 0) is 16.1 Å². The average Bonchev–Trinajstić information content (AvgIpc) is 2.78. The van der Waals surface area contributed by atoms with Crippen molar-refractivity contribution < 1.29 is 19.5 Å². The van der Waals surface area contributed by atoms with E-state index in [2.05, 4.69) is 4.98 Å². The predicted molar refractivity (Wildman–Crippen MR) is 67.4 cm³/mol. The number of primary amides is 1. The zero-order valence-corrected chi connectivity index (χ0v) is 11.1. The third-order valence-electron chi connectivity index (χ3n) is 2.15. The highest BCUT2D eigenvalue weighted by Gasteiger charge is 2.22. The maximum Gasteiger partial charge on any atom is 0.323 e. The van der Waals surface area contributed by atoms with Crippen LogP contribution in [0, 0.1) is 0 Å². The molecule has 0 bridgehead atoms. The lowest BCUT2D eigenvalue weighted by atomic mass is 10.4. The molecule has 0 atom stereocenters. The van der Waals surface area contributed by atoms with Crippen molar-refractivity contribution in [2.24, 2.45) is 5.73 Å². The maximum atomic E-state index is 12.0. The summed E-state index contributed by atoms with van der Waals surface area (Å²) in [5.74, 6) is -1.98. The van der Waals surface area contributed by atoms with Crippen LogP contribution in [0.3, 0.4) is 0 Å². The third-order valence-corrected chi connectivity index (χ3v) is 2.79. The lowest BCUT2D eigenvalue weighted by molar-refractivity contribution is -0.138. The molecule has 3 amide bonds. The summed E-state index contributed by atoms with van der Waals surface area (Å²) in [5, 5.41) is 10.5. The van der Waals surface area contributed by atoms with Crippen molar-refractivity contribution in [2.75, 3.05) is 20.1 Å². The summed E-state index contributed by atoms with van der Waals surface area (Å²) in [5.41, 5.74) is 7.31. The molecular formula is C10H14N4O4S. The molecule has 0 saturated carbocycles. The van der Waals surface area contributed by atoms with Gasteiger partial charge in [-0.15, -0.1) is 11.3 Å². The number of aromatic nitrogens is 1. The van der Waals surface area contributed by atoms with Gasteiger partial charge in [0.15, 0.2) is 0 Å². The van der Waals surface area contributed by atoms with Gasteiger partial charge in [-0.2, -0.15) is 0 Å². The number of urea groups is 1. The molecular weight excluding hydrogens is 272 g/mol. The molecule has 0 spiro atoms. The number of carbonyl (C=O) groups is 3. The Bertz CT molecular complexity index is 446. The summed E-state index contributed by atoms with van der Waals surface area (Å²) < 4.78 is 0. The van der Waals surface area contributed by atoms with Crippen molar-refractivity contribution in [3.8, 4) is 0 Å². The Hall–Kier alpha value is -2.16. The number of carbonyl (C=O) groups excluding carboxylic acids is 2. The van der Waals surface area contributed by atoms with Crippen LogP contribution in [-0.4, -0.2) is 57.9 Å². The van der Waals surface area contributed by atoms with E-state index in [0.717, 1.165) is 4.90 Å². The second kappa shape index (κ2) is 6.69. The first-order valence-corrected chi connectivity index (χ1v) is 6.21. The molecule has 1 aromatic heterocycles. The molecule has 19 heavy (non-hydrogen) atoms. The molecule has 0 unspecified atom stereocenters. The first-order valence-electron chi connectivity index (χ1n) is 5.27. The molecule has 0 aliphatic rings. The largest absolute Gasteiger partial charge is 0.480 e. The van der Waals surface area contributed by atoms with Gasteiger partial charge in [0.25, 0.3) is 0 Å². The van der Waals surface area contributed by atoms with Crippen LogP contribution in [0.1, 0.15) is 5.69 Å². The zero-order chi connectivity index (χ0) is 14.4. The average molecular weight is 286 g/mol. The number of amides is 3. The quantitative estimate of drug-likeness (QED) is 0.735.